The highest BCUT2D eigenvalue weighted by Gasteiger charge is 2.40. The topological polar surface area (TPSA) is 71.0 Å². The van der Waals surface area contributed by atoms with E-state index in [9.17, 15) is 21.6 Å². The zero-order valence-corrected chi connectivity index (χ0v) is 19.8. The SMILES string of the molecule is CN=C(NCc1ccc(COCC(F)(F)F)cc1)N1CCS(=O)(=O)C(C)(C)C1.I. The van der Waals surface area contributed by atoms with Gasteiger partial charge in [-0.15, -0.1) is 24.0 Å². The summed E-state index contributed by atoms with van der Waals surface area (Å²) in [6.45, 7) is 3.23. The summed E-state index contributed by atoms with van der Waals surface area (Å²) in [5.41, 5.74) is 1.57. The van der Waals surface area contributed by atoms with E-state index < -0.39 is 27.4 Å². The first-order valence-corrected chi connectivity index (χ1v) is 10.5. The Morgan fingerprint density at radius 2 is 1.83 bits per heavy atom. The molecule has 1 fully saturated rings. The van der Waals surface area contributed by atoms with Crippen LogP contribution in [0.2, 0.25) is 0 Å². The number of guanidine groups is 1. The van der Waals surface area contributed by atoms with Gasteiger partial charge in [0, 0.05) is 26.7 Å². The summed E-state index contributed by atoms with van der Waals surface area (Å²) in [5.74, 6) is 0.688. The Morgan fingerprint density at radius 1 is 1.24 bits per heavy atom. The normalized spacial score (nSPS) is 18.8. The van der Waals surface area contributed by atoms with Crippen molar-refractivity contribution >= 4 is 39.8 Å². The summed E-state index contributed by atoms with van der Waals surface area (Å²) in [6, 6.07) is 7.04. The number of alkyl halides is 3. The van der Waals surface area contributed by atoms with E-state index in [0.29, 0.717) is 31.2 Å². The average Bonchev–Trinajstić information content (AvgIpc) is 2.58. The van der Waals surface area contributed by atoms with Crippen LogP contribution in [0.1, 0.15) is 25.0 Å². The molecule has 0 unspecified atom stereocenters. The second-order valence-electron chi connectivity index (χ2n) is 7.33. The Morgan fingerprint density at radius 3 is 2.34 bits per heavy atom. The van der Waals surface area contributed by atoms with Crippen LogP contribution in [0, 0.1) is 0 Å². The molecule has 1 aliphatic rings. The Kier molecular flexibility index (Phi) is 9.21. The third-order valence-electron chi connectivity index (χ3n) is 4.56. The van der Waals surface area contributed by atoms with E-state index in [-0.39, 0.29) is 36.3 Å². The summed E-state index contributed by atoms with van der Waals surface area (Å²) in [5, 5.41) is 3.20. The maximum Gasteiger partial charge on any atom is 0.411 e. The molecule has 1 aromatic carbocycles. The van der Waals surface area contributed by atoms with Gasteiger partial charge in [0.05, 0.1) is 17.1 Å². The van der Waals surface area contributed by atoms with Crippen LogP contribution in [0.5, 0.6) is 0 Å². The lowest BCUT2D eigenvalue weighted by molar-refractivity contribution is -0.176. The first-order chi connectivity index (χ1) is 12.9. The van der Waals surface area contributed by atoms with Crippen molar-refractivity contribution in [3.05, 3.63) is 35.4 Å². The van der Waals surface area contributed by atoms with E-state index in [2.05, 4.69) is 15.0 Å². The fraction of sp³-hybridized carbons (Fsp3) is 0.611. The molecule has 0 amide bonds. The maximum atomic E-state index is 12.1. The Labute approximate surface area is 186 Å². The van der Waals surface area contributed by atoms with Gasteiger partial charge in [-0.3, -0.25) is 4.99 Å². The Hall–Kier alpha value is -1.08. The van der Waals surface area contributed by atoms with Crippen LogP contribution in [0.4, 0.5) is 13.2 Å². The van der Waals surface area contributed by atoms with Gasteiger partial charge in [-0.05, 0) is 25.0 Å². The number of sulfone groups is 1. The minimum Gasteiger partial charge on any atom is -0.367 e. The number of benzene rings is 1. The molecule has 29 heavy (non-hydrogen) atoms. The molecule has 6 nitrogen and oxygen atoms in total. The van der Waals surface area contributed by atoms with Gasteiger partial charge in [0.2, 0.25) is 0 Å². The standard InChI is InChI=1S/C18H26F3N3O3S.HI/c1-17(2)12-24(8-9-28(17,25)26)16(22-3)23-10-14-4-6-15(7-5-14)11-27-13-18(19,20)21;/h4-7H,8-13H2,1-3H3,(H,22,23);1H. The van der Waals surface area contributed by atoms with Crippen molar-refractivity contribution in [3.63, 3.8) is 0 Å². The molecule has 0 aliphatic carbocycles. The monoisotopic (exact) mass is 549 g/mol. The second-order valence-corrected chi connectivity index (χ2v) is 10.1. The van der Waals surface area contributed by atoms with Gasteiger partial charge in [0.25, 0.3) is 0 Å². The first kappa shape index (κ1) is 26.0. The van der Waals surface area contributed by atoms with Gasteiger partial charge in [0.1, 0.15) is 6.61 Å². The molecule has 1 saturated heterocycles. The van der Waals surface area contributed by atoms with Crippen molar-refractivity contribution in [1.82, 2.24) is 10.2 Å². The number of hydrogen-bond acceptors (Lipinski definition) is 4. The zero-order valence-electron chi connectivity index (χ0n) is 16.6. The van der Waals surface area contributed by atoms with E-state index in [0.717, 1.165) is 5.56 Å². The number of rotatable bonds is 5. The zero-order chi connectivity index (χ0) is 21.0. The highest BCUT2D eigenvalue weighted by molar-refractivity contribution is 14.0. The van der Waals surface area contributed by atoms with Crippen LogP contribution >= 0.6 is 24.0 Å². The predicted molar refractivity (Wildman–Crippen MR) is 117 cm³/mol. The van der Waals surface area contributed by atoms with Crippen molar-refractivity contribution < 1.29 is 26.3 Å². The van der Waals surface area contributed by atoms with Gasteiger partial charge < -0.3 is 15.0 Å². The number of halogens is 4. The summed E-state index contributed by atoms with van der Waals surface area (Å²) < 4.78 is 64.4. The van der Waals surface area contributed by atoms with E-state index in [4.69, 9.17) is 0 Å². The molecule has 11 heteroatoms. The molecule has 0 spiro atoms. The van der Waals surface area contributed by atoms with Crippen molar-refractivity contribution in [2.45, 2.75) is 37.9 Å². The Bertz CT molecular complexity index is 797. The van der Waals surface area contributed by atoms with Crippen LogP contribution in [0.15, 0.2) is 29.3 Å². The van der Waals surface area contributed by atoms with Crippen molar-refractivity contribution in [3.8, 4) is 0 Å². The lowest BCUT2D eigenvalue weighted by Crippen LogP contribution is -2.57. The van der Waals surface area contributed by atoms with Gasteiger partial charge >= 0.3 is 6.18 Å². The van der Waals surface area contributed by atoms with Crippen LogP contribution in [-0.4, -0.2) is 62.7 Å². The molecule has 0 bridgehead atoms. The van der Waals surface area contributed by atoms with Crippen LogP contribution < -0.4 is 5.32 Å². The molecule has 166 valence electrons. The third-order valence-corrected chi connectivity index (χ3v) is 7.10. The van der Waals surface area contributed by atoms with Crippen LogP contribution in [-0.2, 0) is 27.7 Å². The quantitative estimate of drug-likeness (QED) is 0.348. The molecule has 1 aromatic rings. The highest BCUT2D eigenvalue weighted by atomic mass is 127. The average molecular weight is 549 g/mol. The minimum absolute atomic E-state index is 0. The van der Waals surface area contributed by atoms with E-state index in [1.807, 2.05) is 4.90 Å². The van der Waals surface area contributed by atoms with Gasteiger partial charge in [-0.1, -0.05) is 24.3 Å². The number of nitrogens with zero attached hydrogens (tertiary/aromatic N) is 2. The maximum absolute atomic E-state index is 12.1. The van der Waals surface area contributed by atoms with E-state index >= 15 is 0 Å². The molecule has 0 aromatic heterocycles. The largest absolute Gasteiger partial charge is 0.411 e. The fourth-order valence-electron chi connectivity index (χ4n) is 2.88. The summed E-state index contributed by atoms with van der Waals surface area (Å²) in [7, 11) is -1.49. The molecule has 1 heterocycles. The minimum atomic E-state index is -4.33. The summed E-state index contributed by atoms with van der Waals surface area (Å²) >= 11 is 0. The molecule has 0 radical (unpaired) electrons. The molecular formula is C18H27F3IN3O3S. The van der Waals surface area contributed by atoms with Crippen LogP contribution in [0.3, 0.4) is 0 Å². The first-order valence-electron chi connectivity index (χ1n) is 8.84. The lowest BCUT2D eigenvalue weighted by Gasteiger charge is -2.39. The molecule has 1 aliphatic heterocycles. The third kappa shape index (κ3) is 7.59. The van der Waals surface area contributed by atoms with E-state index in [1.54, 1.807) is 45.2 Å². The molecular weight excluding hydrogens is 522 g/mol. The lowest BCUT2D eigenvalue weighted by atomic mass is 10.1. The Balaban J connectivity index is 0.00000420. The number of aliphatic imine (C=N–C) groups is 1. The van der Waals surface area contributed by atoms with Gasteiger partial charge in [0.15, 0.2) is 15.8 Å². The summed E-state index contributed by atoms with van der Waals surface area (Å²) in [4.78, 5) is 6.15. The highest BCUT2D eigenvalue weighted by Crippen LogP contribution is 2.23. The number of nitrogens with one attached hydrogen (secondary N) is 1. The fourth-order valence-corrected chi connectivity index (χ4v) is 4.24. The molecule has 0 atom stereocenters. The van der Waals surface area contributed by atoms with Crippen LogP contribution in [0.25, 0.3) is 0 Å². The molecule has 1 N–H and O–H groups in total. The van der Waals surface area contributed by atoms with Crippen molar-refractivity contribution in [1.29, 1.82) is 0 Å². The van der Waals surface area contributed by atoms with Crippen molar-refractivity contribution in [2.24, 2.45) is 4.99 Å². The smallest absolute Gasteiger partial charge is 0.367 e. The van der Waals surface area contributed by atoms with E-state index in [1.165, 1.54) is 0 Å². The molecule has 2 rings (SSSR count). The van der Waals surface area contributed by atoms with Crippen molar-refractivity contribution in [2.75, 3.05) is 32.5 Å². The number of hydrogen-bond donors (Lipinski definition) is 1. The summed E-state index contributed by atoms with van der Waals surface area (Å²) in [6.07, 6.45) is -4.33. The predicted octanol–water partition coefficient (Wildman–Crippen LogP) is 2.97. The number of ether oxygens (including phenoxy) is 1. The molecule has 0 saturated carbocycles. The van der Waals surface area contributed by atoms with Gasteiger partial charge in [-0.2, -0.15) is 13.2 Å². The van der Waals surface area contributed by atoms with Gasteiger partial charge in [-0.25, -0.2) is 8.42 Å². The second kappa shape index (κ2) is 10.3.